The minimum absolute atomic E-state index is 0.0184. The Hall–Kier alpha value is -3.12. The molecule has 0 radical (unpaired) electrons. The van der Waals surface area contributed by atoms with Crippen LogP contribution in [0, 0.1) is 6.92 Å². The molecule has 1 saturated heterocycles. The number of nitrogens with one attached hydrogen (secondary N) is 1. The van der Waals surface area contributed by atoms with E-state index in [0.29, 0.717) is 23.1 Å². The lowest BCUT2D eigenvalue weighted by molar-refractivity contribution is -0.151. The van der Waals surface area contributed by atoms with Gasteiger partial charge in [0.05, 0.1) is 6.61 Å². The number of hydrogen-bond acceptors (Lipinski definition) is 5. The lowest BCUT2D eigenvalue weighted by atomic mass is 9.99. The van der Waals surface area contributed by atoms with Crippen molar-refractivity contribution in [2.45, 2.75) is 38.8 Å². The third-order valence-electron chi connectivity index (χ3n) is 6.45. The van der Waals surface area contributed by atoms with Crippen LogP contribution in [0.25, 0.3) is 0 Å². The standard InChI is InChI=1S/C17H16O2.C14H22N2O/c1-2-6-16(18)13-9-11-15(12-10-13)17(19)14-7-4-3-5-8-14;1-12-4-6-13(7-5-12)10-14(16(2)3)11-15-8-9-17-14/h3-5,7-12H,2,6H2,1H3;4-7,15H,8-11H2,1-3H3. The number of ether oxygens (including phenoxy) is 1. The second-order valence-electron chi connectivity index (χ2n) is 9.47. The zero-order valence-corrected chi connectivity index (χ0v) is 21.9. The van der Waals surface area contributed by atoms with Gasteiger partial charge >= 0.3 is 0 Å². The summed E-state index contributed by atoms with van der Waals surface area (Å²) >= 11 is 0. The van der Waals surface area contributed by atoms with Gasteiger partial charge in [-0.05, 0) is 33.0 Å². The lowest BCUT2D eigenvalue weighted by Crippen LogP contribution is -2.59. The van der Waals surface area contributed by atoms with Gasteiger partial charge in [-0.15, -0.1) is 0 Å². The molecule has 5 nitrogen and oxygen atoms in total. The largest absolute Gasteiger partial charge is 0.357 e. The summed E-state index contributed by atoms with van der Waals surface area (Å²) in [6.45, 7) is 6.71. The Morgan fingerprint density at radius 3 is 2.06 bits per heavy atom. The normalized spacial score (nSPS) is 17.2. The molecular weight excluding hydrogens is 448 g/mol. The van der Waals surface area contributed by atoms with E-state index in [1.165, 1.54) is 11.1 Å². The zero-order valence-electron chi connectivity index (χ0n) is 21.9. The van der Waals surface area contributed by atoms with Gasteiger partial charge in [-0.3, -0.25) is 14.5 Å². The summed E-state index contributed by atoms with van der Waals surface area (Å²) in [7, 11) is 4.17. The maximum atomic E-state index is 12.2. The Bertz CT molecular complexity index is 1100. The fraction of sp³-hybridized carbons (Fsp3) is 0.355. The van der Waals surface area contributed by atoms with Crippen molar-refractivity contribution in [1.29, 1.82) is 0 Å². The Labute approximate surface area is 215 Å². The summed E-state index contributed by atoms with van der Waals surface area (Å²) in [5.41, 5.74) is 4.37. The number of aryl methyl sites for hydroxylation is 1. The minimum Gasteiger partial charge on any atom is -0.357 e. The third kappa shape index (κ3) is 7.44. The van der Waals surface area contributed by atoms with Gasteiger partial charge < -0.3 is 10.1 Å². The van der Waals surface area contributed by atoms with Gasteiger partial charge in [-0.25, -0.2) is 0 Å². The molecule has 0 bridgehead atoms. The van der Waals surface area contributed by atoms with Gasteiger partial charge in [-0.1, -0.05) is 91.3 Å². The number of hydrogen-bond donors (Lipinski definition) is 1. The maximum Gasteiger partial charge on any atom is 0.193 e. The molecule has 36 heavy (non-hydrogen) atoms. The van der Waals surface area contributed by atoms with Crippen molar-refractivity contribution >= 4 is 11.6 Å². The molecule has 1 aliphatic rings. The van der Waals surface area contributed by atoms with Crippen LogP contribution in [0.15, 0.2) is 78.9 Å². The molecule has 1 fully saturated rings. The molecule has 1 N–H and O–H groups in total. The van der Waals surface area contributed by atoms with Crippen LogP contribution in [0.4, 0.5) is 0 Å². The van der Waals surface area contributed by atoms with Crippen molar-refractivity contribution in [1.82, 2.24) is 10.2 Å². The van der Waals surface area contributed by atoms with Crippen molar-refractivity contribution in [2.24, 2.45) is 0 Å². The number of nitrogens with zero attached hydrogens (tertiary/aromatic N) is 1. The monoisotopic (exact) mass is 486 g/mol. The van der Waals surface area contributed by atoms with Crippen LogP contribution in [0.5, 0.6) is 0 Å². The lowest BCUT2D eigenvalue weighted by Gasteiger charge is -2.43. The first-order valence-electron chi connectivity index (χ1n) is 12.7. The van der Waals surface area contributed by atoms with E-state index in [1.54, 1.807) is 36.4 Å². The average Bonchev–Trinajstić information content (AvgIpc) is 2.91. The Morgan fingerprint density at radius 1 is 0.889 bits per heavy atom. The van der Waals surface area contributed by atoms with Gasteiger partial charge in [0, 0.05) is 42.6 Å². The summed E-state index contributed by atoms with van der Waals surface area (Å²) in [6, 6.07) is 24.7. The number of Topliss-reactive ketones (excluding diaryl/α,β-unsaturated/α-hetero) is 1. The number of carbonyl (C=O) groups excluding carboxylic acids is 2. The molecule has 5 heteroatoms. The third-order valence-corrected chi connectivity index (χ3v) is 6.45. The van der Waals surface area contributed by atoms with E-state index in [9.17, 15) is 9.59 Å². The number of benzene rings is 3. The SMILES string of the molecule is CCCC(=O)c1ccc(C(=O)c2ccccc2)cc1.Cc1ccc(CC2(N(C)C)CNCCO2)cc1. The van der Waals surface area contributed by atoms with Crippen molar-refractivity contribution in [3.05, 3.63) is 107 Å². The molecule has 1 heterocycles. The first-order valence-corrected chi connectivity index (χ1v) is 12.7. The van der Waals surface area contributed by atoms with E-state index in [0.717, 1.165) is 32.5 Å². The van der Waals surface area contributed by atoms with Crippen LogP contribution in [0.2, 0.25) is 0 Å². The van der Waals surface area contributed by atoms with E-state index >= 15 is 0 Å². The molecule has 0 amide bonds. The molecule has 190 valence electrons. The molecule has 0 aliphatic carbocycles. The van der Waals surface area contributed by atoms with Crippen molar-refractivity contribution in [3.63, 3.8) is 0 Å². The van der Waals surface area contributed by atoms with E-state index in [4.69, 9.17) is 4.74 Å². The number of ketones is 2. The van der Waals surface area contributed by atoms with E-state index < -0.39 is 0 Å². The molecule has 1 aliphatic heterocycles. The number of morpholine rings is 1. The van der Waals surface area contributed by atoms with Crippen LogP contribution in [0.1, 0.15) is 57.2 Å². The Morgan fingerprint density at radius 2 is 1.50 bits per heavy atom. The Kier molecular flexibility index (Phi) is 10.1. The predicted molar refractivity (Wildman–Crippen MR) is 146 cm³/mol. The highest BCUT2D eigenvalue weighted by Gasteiger charge is 2.35. The van der Waals surface area contributed by atoms with Gasteiger partial charge in [0.15, 0.2) is 11.6 Å². The summed E-state index contributed by atoms with van der Waals surface area (Å²) in [5.74, 6) is 0.108. The van der Waals surface area contributed by atoms with Crippen LogP contribution in [-0.2, 0) is 11.2 Å². The Balaban J connectivity index is 0.000000202. The molecule has 0 spiro atoms. The fourth-order valence-corrected chi connectivity index (χ4v) is 4.17. The summed E-state index contributed by atoms with van der Waals surface area (Å²) in [6.07, 6.45) is 2.31. The maximum absolute atomic E-state index is 12.2. The van der Waals surface area contributed by atoms with Gasteiger partial charge in [-0.2, -0.15) is 0 Å². The van der Waals surface area contributed by atoms with Gasteiger partial charge in [0.2, 0.25) is 0 Å². The molecule has 0 saturated carbocycles. The van der Waals surface area contributed by atoms with Gasteiger partial charge in [0.25, 0.3) is 0 Å². The van der Waals surface area contributed by atoms with E-state index in [-0.39, 0.29) is 17.3 Å². The van der Waals surface area contributed by atoms with Crippen LogP contribution < -0.4 is 5.32 Å². The molecule has 0 aromatic heterocycles. The van der Waals surface area contributed by atoms with Crippen molar-refractivity contribution < 1.29 is 14.3 Å². The quantitative estimate of drug-likeness (QED) is 0.437. The molecule has 4 rings (SSSR count). The molecule has 3 aromatic rings. The second kappa shape index (κ2) is 13.3. The van der Waals surface area contributed by atoms with Crippen LogP contribution in [0.3, 0.4) is 0 Å². The zero-order chi connectivity index (χ0) is 26.0. The first kappa shape index (κ1) is 27.5. The van der Waals surface area contributed by atoms with Crippen molar-refractivity contribution in [3.8, 4) is 0 Å². The van der Waals surface area contributed by atoms with Crippen LogP contribution >= 0.6 is 0 Å². The highest BCUT2D eigenvalue weighted by atomic mass is 16.5. The van der Waals surface area contributed by atoms with Crippen LogP contribution in [-0.4, -0.2) is 56.0 Å². The summed E-state index contributed by atoms with van der Waals surface area (Å²) < 4.78 is 6.02. The molecule has 3 aromatic carbocycles. The highest BCUT2D eigenvalue weighted by molar-refractivity contribution is 6.09. The number of carbonyl (C=O) groups is 2. The minimum atomic E-state index is -0.201. The topological polar surface area (TPSA) is 58.6 Å². The fourth-order valence-electron chi connectivity index (χ4n) is 4.17. The van der Waals surface area contributed by atoms with E-state index in [2.05, 4.69) is 55.5 Å². The van der Waals surface area contributed by atoms with E-state index in [1.807, 2.05) is 25.1 Å². The van der Waals surface area contributed by atoms with Crippen molar-refractivity contribution in [2.75, 3.05) is 33.8 Å². The smallest absolute Gasteiger partial charge is 0.193 e. The average molecular weight is 487 g/mol. The molecule has 1 atom stereocenters. The molecular formula is C31H38N2O3. The predicted octanol–water partition coefficient (Wildman–Crippen LogP) is 5.32. The second-order valence-corrected chi connectivity index (χ2v) is 9.47. The number of likely N-dealkylation sites (N-methyl/N-ethyl adjacent to an activating group) is 1. The molecule has 1 unspecified atom stereocenters. The van der Waals surface area contributed by atoms with Gasteiger partial charge in [0.1, 0.15) is 5.72 Å². The first-order chi connectivity index (χ1) is 17.3. The highest BCUT2D eigenvalue weighted by Crippen LogP contribution is 2.22. The summed E-state index contributed by atoms with van der Waals surface area (Å²) in [5, 5.41) is 3.42. The number of rotatable bonds is 8. The summed E-state index contributed by atoms with van der Waals surface area (Å²) in [4.78, 5) is 26.1.